The molecule has 0 bridgehead atoms. The van der Waals surface area contributed by atoms with Gasteiger partial charge in [0, 0.05) is 5.56 Å². The highest BCUT2D eigenvalue weighted by Gasteiger charge is 2.35. The molecule has 0 aliphatic carbocycles. The zero-order chi connectivity index (χ0) is 14.0. The Bertz CT molecular complexity index is 478. The van der Waals surface area contributed by atoms with E-state index in [9.17, 15) is 22.4 Å². The molecule has 6 heteroatoms. The Balaban J connectivity index is 2.27. The number of hydrogen-bond acceptors (Lipinski definition) is 2. The van der Waals surface area contributed by atoms with Gasteiger partial charge in [-0.05, 0) is 37.6 Å². The first-order valence-corrected chi connectivity index (χ1v) is 6.04. The van der Waals surface area contributed by atoms with Crippen molar-refractivity contribution in [2.45, 2.75) is 31.5 Å². The van der Waals surface area contributed by atoms with E-state index in [1.165, 1.54) is 0 Å². The van der Waals surface area contributed by atoms with Crippen molar-refractivity contribution in [3.8, 4) is 0 Å². The lowest BCUT2D eigenvalue weighted by Crippen LogP contribution is -2.40. The Labute approximate surface area is 107 Å². The summed E-state index contributed by atoms with van der Waals surface area (Å²) in [6.45, 7) is 0.670. The predicted octanol–water partition coefficient (Wildman–Crippen LogP) is 3.17. The summed E-state index contributed by atoms with van der Waals surface area (Å²) in [5.74, 6) is -1.77. The Kier molecular flexibility index (Phi) is 3.89. The molecule has 1 heterocycles. The maximum Gasteiger partial charge on any atom is 0.419 e. The van der Waals surface area contributed by atoms with Crippen LogP contribution in [0.4, 0.5) is 17.6 Å². The number of nitrogens with one attached hydrogen (secondary N) is 1. The van der Waals surface area contributed by atoms with E-state index in [1.807, 2.05) is 0 Å². The summed E-state index contributed by atoms with van der Waals surface area (Å²) in [5, 5.41) is 2.97. The van der Waals surface area contributed by atoms with E-state index in [4.69, 9.17) is 0 Å². The molecule has 2 rings (SSSR count). The zero-order valence-corrected chi connectivity index (χ0v) is 10.1. The van der Waals surface area contributed by atoms with Crippen LogP contribution in [0.5, 0.6) is 0 Å². The van der Waals surface area contributed by atoms with E-state index in [2.05, 4.69) is 5.32 Å². The van der Waals surface area contributed by atoms with Gasteiger partial charge in [0.2, 0.25) is 0 Å². The number of alkyl halides is 3. The van der Waals surface area contributed by atoms with Crippen LogP contribution in [0.1, 0.15) is 35.2 Å². The van der Waals surface area contributed by atoms with E-state index < -0.39 is 29.4 Å². The van der Waals surface area contributed by atoms with Gasteiger partial charge < -0.3 is 5.32 Å². The number of halogens is 4. The second-order valence-electron chi connectivity index (χ2n) is 4.56. The monoisotopic (exact) mass is 275 g/mol. The van der Waals surface area contributed by atoms with E-state index >= 15 is 0 Å². The summed E-state index contributed by atoms with van der Waals surface area (Å²) >= 11 is 0. The molecular weight excluding hydrogens is 262 g/mol. The van der Waals surface area contributed by atoms with Crippen molar-refractivity contribution in [3.05, 3.63) is 35.1 Å². The molecule has 19 heavy (non-hydrogen) atoms. The minimum atomic E-state index is -4.79. The van der Waals surface area contributed by atoms with Crippen molar-refractivity contribution < 1.29 is 22.4 Å². The van der Waals surface area contributed by atoms with Crippen LogP contribution in [0, 0.1) is 5.82 Å². The molecule has 1 aromatic rings. The molecule has 0 aromatic heterocycles. The molecule has 1 fully saturated rings. The summed E-state index contributed by atoms with van der Waals surface area (Å²) in [6.07, 6.45) is -2.39. The topological polar surface area (TPSA) is 29.1 Å². The first-order chi connectivity index (χ1) is 8.89. The zero-order valence-electron chi connectivity index (χ0n) is 10.1. The number of ketones is 1. The molecule has 104 valence electrons. The second kappa shape index (κ2) is 5.28. The molecule has 1 unspecified atom stereocenters. The Morgan fingerprint density at radius 1 is 1.26 bits per heavy atom. The van der Waals surface area contributed by atoms with Crippen LogP contribution in [0.25, 0.3) is 0 Å². The van der Waals surface area contributed by atoms with E-state index in [0.29, 0.717) is 25.1 Å². The number of piperidine rings is 1. The van der Waals surface area contributed by atoms with Gasteiger partial charge >= 0.3 is 6.18 Å². The average molecular weight is 275 g/mol. The maximum absolute atomic E-state index is 13.1. The van der Waals surface area contributed by atoms with Gasteiger partial charge in [-0.15, -0.1) is 0 Å². The van der Waals surface area contributed by atoms with E-state index in [1.54, 1.807) is 0 Å². The fourth-order valence-electron chi connectivity index (χ4n) is 2.17. The molecule has 0 amide bonds. The first-order valence-electron chi connectivity index (χ1n) is 6.04. The van der Waals surface area contributed by atoms with Crippen LogP contribution in [0.15, 0.2) is 18.2 Å². The molecule has 0 spiro atoms. The summed E-state index contributed by atoms with van der Waals surface area (Å²) in [7, 11) is 0. The van der Waals surface area contributed by atoms with Gasteiger partial charge in [0.1, 0.15) is 5.82 Å². The summed E-state index contributed by atoms with van der Waals surface area (Å²) in [6, 6.07) is 1.91. The summed E-state index contributed by atoms with van der Waals surface area (Å²) in [4.78, 5) is 12.0. The molecule has 2 nitrogen and oxygen atoms in total. The highest BCUT2D eigenvalue weighted by atomic mass is 19.4. The van der Waals surface area contributed by atoms with Crippen molar-refractivity contribution in [1.29, 1.82) is 0 Å². The van der Waals surface area contributed by atoms with Gasteiger partial charge in [-0.3, -0.25) is 4.79 Å². The predicted molar refractivity (Wildman–Crippen MR) is 61.4 cm³/mol. The minimum Gasteiger partial charge on any atom is -0.307 e. The minimum absolute atomic E-state index is 0.104. The number of carbonyl (C=O) groups is 1. The highest BCUT2D eigenvalue weighted by Crippen LogP contribution is 2.32. The SMILES string of the molecule is O=C(c1ccc(F)c(C(F)(F)F)c1)C1CCCCN1. The normalized spacial score (nSPS) is 20.3. The van der Waals surface area contributed by atoms with Crippen LogP contribution >= 0.6 is 0 Å². The van der Waals surface area contributed by atoms with Gasteiger partial charge in [0.05, 0.1) is 11.6 Å². The third-order valence-electron chi connectivity index (χ3n) is 3.18. The molecule has 1 aliphatic rings. The number of rotatable bonds is 2. The third kappa shape index (κ3) is 3.12. The highest BCUT2D eigenvalue weighted by molar-refractivity contribution is 6.00. The molecular formula is C13H13F4NO. The standard InChI is InChI=1S/C13H13F4NO/c14-10-5-4-8(7-9(10)13(15,16)17)12(19)11-3-1-2-6-18-11/h4-5,7,11,18H,1-3,6H2. The summed E-state index contributed by atoms with van der Waals surface area (Å²) < 4.78 is 50.8. The van der Waals surface area contributed by atoms with Crippen molar-refractivity contribution in [2.75, 3.05) is 6.54 Å². The van der Waals surface area contributed by atoms with Crippen LogP contribution < -0.4 is 5.32 Å². The van der Waals surface area contributed by atoms with Crippen LogP contribution in [0.3, 0.4) is 0 Å². The van der Waals surface area contributed by atoms with Crippen molar-refractivity contribution >= 4 is 5.78 Å². The molecule has 0 radical (unpaired) electrons. The van der Waals surface area contributed by atoms with E-state index in [-0.39, 0.29) is 5.56 Å². The van der Waals surface area contributed by atoms with Crippen molar-refractivity contribution in [3.63, 3.8) is 0 Å². The maximum atomic E-state index is 13.1. The van der Waals surface area contributed by atoms with Gasteiger partial charge in [0.25, 0.3) is 0 Å². The lowest BCUT2D eigenvalue weighted by Gasteiger charge is -2.22. The van der Waals surface area contributed by atoms with Crippen LogP contribution in [-0.4, -0.2) is 18.4 Å². The average Bonchev–Trinajstić information content (AvgIpc) is 2.38. The summed E-state index contributed by atoms with van der Waals surface area (Å²) in [5.41, 5.74) is -1.50. The first kappa shape index (κ1) is 14.0. The number of hydrogen-bond donors (Lipinski definition) is 1. The van der Waals surface area contributed by atoms with Gasteiger partial charge in [0.15, 0.2) is 5.78 Å². The van der Waals surface area contributed by atoms with Crippen molar-refractivity contribution in [1.82, 2.24) is 5.32 Å². The van der Waals surface area contributed by atoms with Gasteiger partial charge in [-0.25, -0.2) is 4.39 Å². The molecule has 1 N–H and O–H groups in total. The smallest absolute Gasteiger partial charge is 0.307 e. The number of benzene rings is 1. The number of Topliss-reactive ketones (excluding diaryl/α,β-unsaturated/α-hetero) is 1. The Hall–Kier alpha value is -1.43. The molecule has 1 atom stereocenters. The van der Waals surface area contributed by atoms with Crippen LogP contribution in [0.2, 0.25) is 0 Å². The largest absolute Gasteiger partial charge is 0.419 e. The molecule has 0 saturated carbocycles. The molecule has 1 aliphatic heterocycles. The molecule has 1 aromatic carbocycles. The van der Waals surface area contributed by atoms with Gasteiger partial charge in [-0.1, -0.05) is 6.42 Å². The Morgan fingerprint density at radius 2 is 2.00 bits per heavy atom. The molecule has 1 saturated heterocycles. The van der Waals surface area contributed by atoms with Crippen LogP contribution in [-0.2, 0) is 6.18 Å². The lowest BCUT2D eigenvalue weighted by molar-refractivity contribution is -0.140. The Morgan fingerprint density at radius 3 is 2.58 bits per heavy atom. The van der Waals surface area contributed by atoms with Crippen molar-refractivity contribution in [2.24, 2.45) is 0 Å². The quantitative estimate of drug-likeness (QED) is 0.663. The van der Waals surface area contributed by atoms with Gasteiger partial charge in [-0.2, -0.15) is 13.2 Å². The lowest BCUT2D eigenvalue weighted by atomic mass is 9.95. The third-order valence-corrected chi connectivity index (χ3v) is 3.18. The van der Waals surface area contributed by atoms with E-state index in [0.717, 1.165) is 18.9 Å². The fraction of sp³-hybridized carbons (Fsp3) is 0.462. The fourth-order valence-corrected chi connectivity index (χ4v) is 2.17. The number of carbonyl (C=O) groups excluding carboxylic acids is 1. The second-order valence-corrected chi connectivity index (χ2v) is 4.56.